The maximum atomic E-state index is 4.64. The Labute approximate surface area is 132 Å². The Morgan fingerprint density at radius 2 is 1.59 bits per heavy atom. The first-order valence-corrected chi connectivity index (χ1v) is 7.82. The monoisotopic (exact) mass is 290 g/mol. The summed E-state index contributed by atoms with van der Waals surface area (Å²) >= 11 is 0. The van der Waals surface area contributed by atoms with Gasteiger partial charge in [0, 0.05) is 18.0 Å². The first-order chi connectivity index (χ1) is 10.5. The van der Waals surface area contributed by atoms with Crippen LogP contribution in [0.3, 0.4) is 0 Å². The van der Waals surface area contributed by atoms with E-state index in [1.54, 1.807) is 0 Å². The average molecular weight is 290 g/mol. The first-order valence-electron chi connectivity index (χ1n) is 7.82. The molecule has 0 spiro atoms. The van der Waals surface area contributed by atoms with Crippen molar-refractivity contribution in [1.82, 2.24) is 9.97 Å². The van der Waals surface area contributed by atoms with Gasteiger partial charge in [0.05, 0.1) is 5.52 Å². The molecule has 0 saturated heterocycles. The molecule has 0 N–H and O–H groups in total. The second kappa shape index (κ2) is 5.88. The van der Waals surface area contributed by atoms with Crippen LogP contribution in [0.5, 0.6) is 0 Å². The summed E-state index contributed by atoms with van der Waals surface area (Å²) in [5, 5.41) is 1.10. The molecule has 0 aliphatic heterocycles. The molecule has 2 heteroatoms. The van der Waals surface area contributed by atoms with Gasteiger partial charge in [0.15, 0.2) is 0 Å². The quantitative estimate of drug-likeness (QED) is 0.698. The van der Waals surface area contributed by atoms with Crippen LogP contribution in [0.1, 0.15) is 37.7 Å². The minimum atomic E-state index is 0.208. The fourth-order valence-electron chi connectivity index (χ4n) is 2.56. The fourth-order valence-corrected chi connectivity index (χ4v) is 2.56. The fraction of sp³-hybridized carbons (Fsp3) is 0.300. The molecule has 0 atom stereocenters. The Bertz CT molecular complexity index is 768. The molecule has 0 unspecified atom stereocenters. The number of aryl methyl sites for hydroxylation is 2. The lowest BCUT2D eigenvalue weighted by molar-refractivity contribution is 0.590. The third-order valence-corrected chi connectivity index (χ3v) is 4.00. The standard InChI is InChI=1S/C20H22N2/c1-20(2,3)17-11-8-15(9-12-17)10-13-19-21-14-16-6-4-5-7-18(16)22-19/h4-9,11-12,14H,10,13H2,1-3H3. The van der Waals surface area contributed by atoms with Crippen LogP contribution in [-0.4, -0.2) is 9.97 Å². The molecule has 0 fully saturated rings. The van der Waals surface area contributed by atoms with E-state index in [0.717, 1.165) is 29.6 Å². The average Bonchev–Trinajstić information content (AvgIpc) is 2.52. The van der Waals surface area contributed by atoms with Gasteiger partial charge < -0.3 is 0 Å². The van der Waals surface area contributed by atoms with Crippen molar-refractivity contribution >= 4 is 10.9 Å². The zero-order valence-corrected chi connectivity index (χ0v) is 13.5. The minimum absolute atomic E-state index is 0.208. The van der Waals surface area contributed by atoms with Crippen molar-refractivity contribution in [2.24, 2.45) is 0 Å². The molecule has 2 aromatic carbocycles. The lowest BCUT2D eigenvalue weighted by Gasteiger charge is -2.19. The molecule has 1 aromatic heterocycles. The minimum Gasteiger partial charge on any atom is -0.241 e. The summed E-state index contributed by atoms with van der Waals surface area (Å²) in [6.07, 6.45) is 3.77. The number of hydrogen-bond acceptors (Lipinski definition) is 2. The summed E-state index contributed by atoms with van der Waals surface area (Å²) in [4.78, 5) is 9.10. The molecule has 0 amide bonds. The van der Waals surface area contributed by atoms with E-state index >= 15 is 0 Å². The highest BCUT2D eigenvalue weighted by atomic mass is 14.9. The predicted octanol–water partition coefficient (Wildman–Crippen LogP) is 4.71. The summed E-state index contributed by atoms with van der Waals surface area (Å²) in [5.41, 5.74) is 3.94. The number of rotatable bonds is 3. The normalized spacial score (nSPS) is 11.8. The van der Waals surface area contributed by atoms with Crippen LogP contribution in [0.2, 0.25) is 0 Å². The van der Waals surface area contributed by atoms with E-state index in [1.807, 2.05) is 30.5 Å². The number of hydrogen-bond donors (Lipinski definition) is 0. The van der Waals surface area contributed by atoms with Gasteiger partial charge >= 0.3 is 0 Å². The van der Waals surface area contributed by atoms with Crippen LogP contribution in [-0.2, 0) is 18.3 Å². The number of fused-ring (bicyclic) bond motifs is 1. The number of benzene rings is 2. The van der Waals surface area contributed by atoms with Crippen molar-refractivity contribution in [1.29, 1.82) is 0 Å². The van der Waals surface area contributed by atoms with Gasteiger partial charge in [0.25, 0.3) is 0 Å². The predicted molar refractivity (Wildman–Crippen MR) is 92.1 cm³/mol. The largest absolute Gasteiger partial charge is 0.241 e. The van der Waals surface area contributed by atoms with E-state index in [9.17, 15) is 0 Å². The lowest BCUT2D eigenvalue weighted by Crippen LogP contribution is -2.10. The molecule has 3 rings (SSSR count). The highest BCUT2D eigenvalue weighted by molar-refractivity contribution is 5.77. The Morgan fingerprint density at radius 1 is 0.864 bits per heavy atom. The van der Waals surface area contributed by atoms with E-state index in [-0.39, 0.29) is 5.41 Å². The maximum Gasteiger partial charge on any atom is 0.129 e. The molecule has 0 aliphatic carbocycles. The molecule has 22 heavy (non-hydrogen) atoms. The summed E-state index contributed by atoms with van der Waals surface area (Å²) in [6, 6.07) is 17.0. The van der Waals surface area contributed by atoms with Gasteiger partial charge in [-0.25, -0.2) is 9.97 Å². The first kappa shape index (κ1) is 14.7. The van der Waals surface area contributed by atoms with Crippen molar-refractivity contribution in [2.45, 2.75) is 39.0 Å². The third-order valence-electron chi connectivity index (χ3n) is 4.00. The summed E-state index contributed by atoms with van der Waals surface area (Å²) in [5.74, 6) is 0.915. The van der Waals surface area contributed by atoms with E-state index in [4.69, 9.17) is 0 Å². The van der Waals surface area contributed by atoms with Crippen LogP contribution in [0.25, 0.3) is 10.9 Å². The Hall–Kier alpha value is -2.22. The molecule has 1 heterocycles. The molecule has 0 aliphatic rings. The van der Waals surface area contributed by atoms with E-state index in [0.29, 0.717) is 0 Å². The molecule has 0 radical (unpaired) electrons. The Balaban J connectivity index is 1.71. The molecular formula is C20H22N2. The summed E-state index contributed by atoms with van der Waals surface area (Å²) in [7, 11) is 0. The highest BCUT2D eigenvalue weighted by Crippen LogP contribution is 2.22. The van der Waals surface area contributed by atoms with Crippen LogP contribution in [0, 0.1) is 0 Å². The zero-order chi connectivity index (χ0) is 15.6. The third kappa shape index (κ3) is 3.33. The molecule has 112 valence electrons. The summed E-state index contributed by atoms with van der Waals surface area (Å²) in [6.45, 7) is 6.72. The van der Waals surface area contributed by atoms with Gasteiger partial charge in [0.2, 0.25) is 0 Å². The molecule has 0 bridgehead atoms. The van der Waals surface area contributed by atoms with Crippen LogP contribution >= 0.6 is 0 Å². The molecule has 0 saturated carbocycles. The maximum absolute atomic E-state index is 4.64. The van der Waals surface area contributed by atoms with Crippen LogP contribution in [0.15, 0.2) is 54.7 Å². The van der Waals surface area contributed by atoms with Gasteiger partial charge in [-0.05, 0) is 29.0 Å². The van der Waals surface area contributed by atoms with Crippen molar-refractivity contribution < 1.29 is 0 Å². The highest BCUT2D eigenvalue weighted by Gasteiger charge is 2.12. The van der Waals surface area contributed by atoms with Gasteiger partial charge in [-0.1, -0.05) is 63.2 Å². The van der Waals surface area contributed by atoms with Gasteiger partial charge in [-0.2, -0.15) is 0 Å². The Kier molecular flexibility index (Phi) is 3.93. The van der Waals surface area contributed by atoms with E-state index in [2.05, 4.69) is 55.0 Å². The molecule has 3 aromatic rings. The second-order valence-corrected chi connectivity index (χ2v) is 6.79. The zero-order valence-electron chi connectivity index (χ0n) is 13.5. The van der Waals surface area contributed by atoms with Crippen LogP contribution < -0.4 is 0 Å². The van der Waals surface area contributed by atoms with Crippen molar-refractivity contribution in [3.8, 4) is 0 Å². The number of para-hydroxylation sites is 1. The van der Waals surface area contributed by atoms with Crippen molar-refractivity contribution in [3.63, 3.8) is 0 Å². The number of nitrogens with zero attached hydrogens (tertiary/aromatic N) is 2. The van der Waals surface area contributed by atoms with Gasteiger partial charge in [0.1, 0.15) is 5.82 Å². The van der Waals surface area contributed by atoms with Crippen molar-refractivity contribution in [2.75, 3.05) is 0 Å². The topological polar surface area (TPSA) is 25.8 Å². The Morgan fingerprint density at radius 3 is 2.32 bits per heavy atom. The number of aromatic nitrogens is 2. The van der Waals surface area contributed by atoms with E-state index in [1.165, 1.54) is 11.1 Å². The molecule has 2 nitrogen and oxygen atoms in total. The summed E-state index contributed by atoms with van der Waals surface area (Å²) < 4.78 is 0. The van der Waals surface area contributed by atoms with E-state index < -0.39 is 0 Å². The lowest BCUT2D eigenvalue weighted by atomic mass is 9.86. The van der Waals surface area contributed by atoms with Crippen molar-refractivity contribution in [3.05, 3.63) is 71.7 Å². The molecular weight excluding hydrogens is 268 g/mol. The SMILES string of the molecule is CC(C)(C)c1ccc(CCc2ncc3ccccc3n2)cc1. The van der Waals surface area contributed by atoms with Crippen LogP contribution in [0.4, 0.5) is 0 Å². The van der Waals surface area contributed by atoms with Gasteiger partial charge in [-0.3, -0.25) is 0 Å². The van der Waals surface area contributed by atoms with Gasteiger partial charge in [-0.15, -0.1) is 0 Å². The smallest absolute Gasteiger partial charge is 0.129 e. The second-order valence-electron chi connectivity index (χ2n) is 6.79.